The van der Waals surface area contributed by atoms with E-state index in [-0.39, 0.29) is 23.7 Å². The van der Waals surface area contributed by atoms with E-state index < -0.39 is 0 Å². The highest BCUT2D eigenvalue weighted by molar-refractivity contribution is 7.09. The lowest BCUT2D eigenvalue weighted by Crippen LogP contribution is -2.46. The predicted octanol–water partition coefficient (Wildman–Crippen LogP) is 1.50. The quantitative estimate of drug-likeness (QED) is 0.793. The minimum absolute atomic E-state index is 0.00354. The van der Waals surface area contributed by atoms with Gasteiger partial charge in [-0.05, 0) is 37.8 Å². The van der Waals surface area contributed by atoms with Crippen LogP contribution >= 0.6 is 11.3 Å². The van der Waals surface area contributed by atoms with Gasteiger partial charge in [0.1, 0.15) is 0 Å². The monoisotopic (exact) mass is 337 g/mol. The van der Waals surface area contributed by atoms with Gasteiger partial charge in [-0.25, -0.2) is 0 Å². The van der Waals surface area contributed by atoms with E-state index in [9.17, 15) is 9.59 Å². The molecule has 1 aromatic heterocycles. The van der Waals surface area contributed by atoms with Gasteiger partial charge < -0.3 is 15.5 Å². The number of hydrogen-bond acceptors (Lipinski definition) is 4. The number of likely N-dealkylation sites (tertiary alicyclic amines) is 1. The van der Waals surface area contributed by atoms with Crippen molar-refractivity contribution in [2.75, 3.05) is 33.2 Å². The van der Waals surface area contributed by atoms with Crippen molar-refractivity contribution in [1.82, 2.24) is 15.5 Å². The van der Waals surface area contributed by atoms with Gasteiger partial charge in [-0.3, -0.25) is 9.59 Å². The van der Waals surface area contributed by atoms with Crippen LogP contribution in [0.15, 0.2) is 17.5 Å². The summed E-state index contributed by atoms with van der Waals surface area (Å²) in [7, 11) is 1.86. The molecule has 1 aromatic rings. The molecule has 0 spiro atoms. The number of nitrogens with one attached hydrogen (secondary N) is 2. The third-order valence-electron chi connectivity index (χ3n) is 4.36. The molecule has 6 heteroatoms. The van der Waals surface area contributed by atoms with Crippen LogP contribution in [0.1, 0.15) is 24.6 Å². The first-order valence-corrected chi connectivity index (χ1v) is 9.23. The summed E-state index contributed by atoms with van der Waals surface area (Å²) in [6.45, 7) is 4.72. The number of thiophene rings is 1. The van der Waals surface area contributed by atoms with Crippen LogP contribution < -0.4 is 10.6 Å². The molecule has 5 nitrogen and oxygen atoms in total. The lowest BCUT2D eigenvalue weighted by Gasteiger charge is -2.33. The second-order valence-corrected chi connectivity index (χ2v) is 7.21. The minimum atomic E-state index is -0.00354. The zero-order valence-corrected chi connectivity index (χ0v) is 14.8. The number of amides is 2. The van der Waals surface area contributed by atoms with E-state index in [1.807, 2.05) is 24.9 Å². The van der Waals surface area contributed by atoms with Gasteiger partial charge in [-0.15, -0.1) is 11.3 Å². The average Bonchev–Trinajstić information content (AvgIpc) is 3.08. The fraction of sp³-hybridized carbons (Fsp3) is 0.647. The van der Waals surface area contributed by atoms with Gasteiger partial charge >= 0.3 is 0 Å². The first-order valence-electron chi connectivity index (χ1n) is 8.35. The molecule has 2 amide bonds. The van der Waals surface area contributed by atoms with Gasteiger partial charge in [0.2, 0.25) is 11.8 Å². The molecule has 0 aliphatic carbocycles. The molecule has 0 saturated carbocycles. The summed E-state index contributed by atoms with van der Waals surface area (Å²) in [6.07, 6.45) is 2.42. The molecule has 1 fully saturated rings. The lowest BCUT2D eigenvalue weighted by molar-refractivity contribution is -0.138. The third kappa shape index (κ3) is 5.32. The standard InChI is InChI=1S/C17H27N3O2S/c1-13(12-18-2)17(22)20-9-6-14(7-10-20)16(21)19-8-5-15-4-3-11-23-15/h3-4,11,13-14,18H,5-10,12H2,1-2H3,(H,19,21). The zero-order chi connectivity index (χ0) is 16.7. The van der Waals surface area contributed by atoms with Crippen LogP contribution in [0.4, 0.5) is 0 Å². The molecule has 1 unspecified atom stereocenters. The molecule has 1 saturated heterocycles. The highest BCUT2D eigenvalue weighted by atomic mass is 32.1. The fourth-order valence-corrected chi connectivity index (χ4v) is 3.68. The molecule has 2 rings (SSSR count). The molecule has 1 aliphatic heterocycles. The van der Waals surface area contributed by atoms with Gasteiger partial charge in [-0.2, -0.15) is 0 Å². The average molecular weight is 337 g/mol. The highest BCUT2D eigenvalue weighted by Gasteiger charge is 2.28. The third-order valence-corrected chi connectivity index (χ3v) is 5.30. The van der Waals surface area contributed by atoms with Crippen LogP contribution in [0, 0.1) is 11.8 Å². The Morgan fingerprint density at radius 3 is 2.74 bits per heavy atom. The van der Waals surface area contributed by atoms with Crippen molar-refractivity contribution in [2.24, 2.45) is 11.8 Å². The molecule has 128 valence electrons. The normalized spacial score (nSPS) is 17.0. The molecule has 23 heavy (non-hydrogen) atoms. The molecule has 1 aliphatic rings. The summed E-state index contributed by atoms with van der Waals surface area (Å²) in [5.74, 6) is 0.367. The van der Waals surface area contributed by atoms with Crippen LogP contribution in [-0.2, 0) is 16.0 Å². The number of piperidine rings is 1. The Labute approximate surface area is 142 Å². The summed E-state index contributed by atoms with van der Waals surface area (Å²) in [5, 5.41) is 8.12. The van der Waals surface area contributed by atoms with Crippen LogP contribution in [-0.4, -0.2) is 49.9 Å². The van der Waals surface area contributed by atoms with Crippen molar-refractivity contribution in [1.29, 1.82) is 0 Å². The van der Waals surface area contributed by atoms with Gasteiger partial charge in [-0.1, -0.05) is 13.0 Å². The summed E-state index contributed by atoms with van der Waals surface area (Å²) in [6, 6.07) is 4.12. The summed E-state index contributed by atoms with van der Waals surface area (Å²) < 4.78 is 0. The Morgan fingerprint density at radius 2 is 2.13 bits per heavy atom. The van der Waals surface area contributed by atoms with Crippen LogP contribution in [0.3, 0.4) is 0 Å². The van der Waals surface area contributed by atoms with E-state index in [1.54, 1.807) is 11.3 Å². The minimum Gasteiger partial charge on any atom is -0.355 e. The molecule has 2 heterocycles. The fourth-order valence-electron chi connectivity index (χ4n) is 2.98. The molecular formula is C17H27N3O2S. The van der Waals surface area contributed by atoms with Gasteiger partial charge in [0.05, 0.1) is 0 Å². The zero-order valence-electron chi connectivity index (χ0n) is 14.0. The van der Waals surface area contributed by atoms with Crippen molar-refractivity contribution in [3.8, 4) is 0 Å². The lowest BCUT2D eigenvalue weighted by atomic mass is 9.95. The molecule has 1 atom stereocenters. The molecular weight excluding hydrogens is 310 g/mol. The maximum Gasteiger partial charge on any atom is 0.226 e. The number of carbonyl (C=O) groups excluding carboxylic acids is 2. The van der Waals surface area contributed by atoms with Crippen LogP contribution in [0.25, 0.3) is 0 Å². The van der Waals surface area contributed by atoms with E-state index >= 15 is 0 Å². The highest BCUT2D eigenvalue weighted by Crippen LogP contribution is 2.19. The molecule has 0 radical (unpaired) electrons. The van der Waals surface area contributed by atoms with Crippen molar-refractivity contribution >= 4 is 23.2 Å². The van der Waals surface area contributed by atoms with Crippen molar-refractivity contribution in [3.05, 3.63) is 22.4 Å². The van der Waals surface area contributed by atoms with E-state index in [2.05, 4.69) is 22.1 Å². The predicted molar refractivity (Wildman–Crippen MR) is 93.4 cm³/mol. The Balaban J connectivity index is 1.69. The topological polar surface area (TPSA) is 61.4 Å². The SMILES string of the molecule is CNCC(C)C(=O)N1CCC(C(=O)NCCc2cccs2)CC1. The van der Waals surface area contributed by atoms with E-state index in [0.29, 0.717) is 26.2 Å². The van der Waals surface area contributed by atoms with Gasteiger partial charge in [0.25, 0.3) is 0 Å². The maximum absolute atomic E-state index is 12.3. The molecule has 0 bridgehead atoms. The van der Waals surface area contributed by atoms with Gasteiger partial charge in [0, 0.05) is 42.9 Å². The number of rotatable bonds is 7. The summed E-state index contributed by atoms with van der Waals surface area (Å²) in [5.41, 5.74) is 0. The van der Waals surface area contributed by atoms with Crippen molar-refractivity contribution in [3.63, 3.8) is 0 Å². The first kappa shape index (κ1) is 17.9. The summed E-state index contributed by atoms with van der Waals surface area (Å²) in [4.78, 5) is 27.7. The Morgan fingerprint density at radius 1 is 1.39 bits per heavy atom. The van der Waals surface area contributed by atoms with Crippen LogP contribution in [0.2, 0.25) is 0 Å². The van der Waals surface area contributed by atoms with E-state index in [4.69, 9.17) is 0 Å². The number of hydrogen-bond donors (Lipinski definition) is 2. The van der Waals surface area contributed by atoms with Crippen molar-refractivity contribution < 1.29 is 9.59 Å². The largest absolute Gasteiger partial charge is 0.355 e. The first-order chi connectivity index (χ1) is 11.1. The van der Waals surface area contributed by atoms with Gasteiger partial charge in [0.15, 0.2) is 0 Å². The Bertz CT molecular complexity index is 496. The van der Waals surface area contributed by atoms with Crippen molar-refractivity contribution in [2.45, 2.75) is 26.2 Å². The van der Waals surface area contributed by atoms with Crippen LogP contribution in [0.5, 0.6) is 0 Å². The second kappa shape index (κ2) is 9.03. The second-order valence-electron chi connectivity index (χ2n) is 6.18. The summed E-state index contributed by atoms with van der Waals surface area (Å²) >= 11 is 1.72. The Hall–Kier alpha value is -1.40. The number of carbonyl (C=O) groups is 2. The molecule has 2 N–H and O–H groups in total. The maximum atomic E-state index is 12.3. The number of nitrogens with zero attached hydrogens (tertiary/aromatic N) is 1. The Kier molecular flexibility index (Phi) is 7.05. The van der Waals surface area contributed by atoms with E-state index in [0.717, 1.165) is 19.3 Å². The molecule has 0 aromatic carbocycles. The van der Waals surface area contributed by atoms with E-state index in [1.165, 1.54) is 4.88 Å². The smallest absolute Gasteiger partial charge is 0.226 e.